The van der Waals surface area contributed by atoms with Crippen molar-refractivity contribution in [2.24, 2.45) is 0 Å². The smallest absolute Gasteiger partial charge is 0.147 e. The number of hydrogen-bond donors (Lipinski definition) is 0. The number of benzene rings is 2. The Balaban J connectivity index is 0.00000150. The standard InChI is InChI=1S/C10H9.C9H7.2C3H7.2ClH.H2Si.Zr/c1-8-6-9-4-2-3-5-10(9)7-8;1-2-5-9-7-3-6-8(9)4-1;2*1-3-2;;;;/h2-7H,1H3;1-7H;2*1,3H2,2H3;2*1H;1H2;. The maximum atomic E-state index is 2.61. The molecular formula is C25H34Cl2SiZr. The van der Waals surface area contributed by atoms with Crippen LogP contribution in [0.5, 0.6) is 0 Å². The first-order valence-corrected chi connectivity index (χ1v) is 22.8. The fraction of sp³-hybridized carbons (Fsp3) is 0.360. The van der Waals surface area contributed by atoms with Crippen LogP contribution in [0.2, 0.25) is 8.26 Å². The maximum Gasteiger partial charge on any atom is -0.147 e. The molecule has 0 fully saturated rings. The number of halogens is 2. The van der Waals surface area contributed by atoms with E-state index in [4.69, 9.17) is 0 Å². The molecule has 4 rings (SSSR count). The Bertz CT molecular complexity index is 995. The minimum atomic E-state index is -3.30. The van der Waals surface area contributed by atoms with Gasteiger partial charge in [0.2, 0.25) is 0 Å². The van der Waals surface area contributed by atoms with Gasteiger partial charge in [-0.15, -0.1) is 24.8 Å². The quantitative estimate of drug-likeness (QED) is 0.341. The third kappa shape index (κ3) is 3.84. The van der Waals surface area contributed by atoms with Crippen molar-refractivity contribution in [3.63, 3.8) is 0 Å². The minimum absolute atomic E-state index is 0. The third-order valence-electron chi connectivity index (χ3n) is 7.35. The fourth-order valence-corrected chi connectivity index (χ4v) is 37.0. The molecule has 0 radical (unpaired) electrons. The Morgan fingerprint density at radius 2 is 1.38 bits per heavy atom. The summed E-state index contributed by atoms with van der Waals surface area (Å²) >= 11 is -3.30. The van der Waals surface area contributed by atoms with Gasteiger partial charge >= 0.3 is 168 Å². The summed E-state index contributed by atoms with van der Waals surface area (Å²) in [5.41, 5.74) is 7.84. The molecule has 0 spiro atoms. The van der Waals surface area contributed by atoms with Gasteiger partial charge in [-0.2, -0.15) is 0 Å². The molecule has 2 unspecified atom stereocenters. The molecule has 0 amide bonds. The molecule has 2 aliphatic carbocycles. The normalized spacial score (nSPS) is 19.7. The summed E-state index contributed by atoms with van der Waals surface area (Å²) in [6.07, 6.45) is 10.2. The summed E-state index contributed by atoms with van der Waals surface area (Å²) in [5, 5.41) is 0. The van der Waals surface area contributed by atoms with Gasteiger partial charge in [-0.25, -0.2) is 0 Å². The third-order valence-corrected chi connectivity index (χ3v) is 36.4. The van der Waals surface area contributed by atoms with Crippen molar-refractivity contribution >= 4 is 43.8 Å². The Morgan fingerprint density at radius 1 is 0.828 bits per heavy atom. The van der Waals surface area contributed by atoms with Crippen molar-refractivity contribution < 1.29 is 17.4 Å². The van der Waals surface area contributed by atoms with Crippen LogP contribution in [0, 0.1) is 0 Å². The fourth-order valence-electron chi connectivity index (χ4n) is 6.63. The van der Waals surface area contributed by atoms with E-state index in [0.29, 0.717) is 7.25 Å². The Kier molecular flexibility index (Phi) is 8.05. The van der Waals surface area contributed by atoms with Gasteiger partial charge < -0.3 is 0 Å². The molecule has 0 heterocycles. The summed E-state index contributed by atoms with van der Waals surface area (Å²) < 4.78 is 4.30. The zero-order valence-electron chi connectivity index (χ0n) is 17.9. The van der Waals surface area contributed by atoms with Gasteiger partial charge in [0, 0.05) is 0 Å². The van der Waals surface area contributed by atoms with Crippen LogP contribution in [-0.2, 0) is 17.4 Å². The van der Waals surface area contributed by atoms with Crippen LogP contribution in [-0.4, -0.2) is 6.88 Å². The topological polar surface area (TPSA) is 0 Å². The van der Waals surface area contributed by atoms with Crippen molar-refractivity contribution in [3.05, 3.63) is 82.4 Å². The van der Waals surface area contributed by atoms with Crippen LogP contribution in [0.1, 0.15) is 63.1 Å². The molecule has 0 aromatic heterocycles. The van der Waals surface area contributed by atoms with Gasteiger partial charge in [-0.1, -0.05) is 0 Å². The molecule has 29 heavy (non-hydrogen) atoms. The minimum Gasteiger partial charge on any atom is -0.147 e. The summed E-state index contributed by atoms with van der Waals surface area (Å²) in [6, 6.07) is 18.4. The summed E-state index contributed by atoms with van der Waals surface area (Å²) in [6.45, 7) is 9.80. The summed E-state index contributed by atoms with van der Waals surface area (Å²) in [7, 11) is 0. The number of fused-ring (bicyclic) bond motifs is 2. The molecule has 4 heteroatoms. The monoisotopic (exact) mass is 522 g/mol. The number of rotatable bonds is 6. The average molecular weight is 525 g/mol. The number of hydrogen-bond acceptors (Lipinski definition) is 0. The second-order valence-corrected chi connectivity index (χ2v) is 35.7. The molecule has 156 valence electrons. The van der Waals surface area contributed by atoms with E-state index < -0.39 is 17.4 Å². The van der Waals surface area contributed by atoms with Gasteiger partial charge in [0.1, 0.15) is 0 Å². The van der Waals surface area contributed by atoms with Crippen molar-refractivity contribution in [2.45, 2.75) is 49.1 Å². The molecule has 0 bridgehead atoms. The second kappa shape index (κ2) is 9.39. The van der Waals surface area contributed by atoms with E-state index in [1.54, 1.807) is 16.7 Å². The first-order chi connectivity index (χ1) is 13.0. The van der Waals surface area contributed by atoms with Gasteiger partial charge in [-0.05, 0) is 0 Å². The van der Waals surface area contributed by atoms with Crippen molar-refractivity contribution in [1.82, 2.24) is 0 Å². The van der Waals surface area contributed by atoms with Gasteiger partial charge in [-0.3, -0.25) is 0 Å². The van der Waals surface area contributed by atoms with Crippen LogP contribution in [0.25, 0.3) is 12.2 Å². The van der Waals surface area contributed by atoms with Crippen molar-refractivity contribution in [3.8, 4) is 0 Å². The van der Waals surface area contributed by atoms with Gasteiger partial charge in [0.15, 0.2) is 0 Å². The second-order valence-electron chi connectivity index (χ2n) is 9.06. The molecule has 2 atom stereocenters. The largest absolute Gasteiger partial charge is 0.147 e. The van der Waals surface area contributed by atoms with Gasteiger partial charge in [0.25, 0.3) is 0 Å². The van der Waals surface area contributed by atoms with Crippen LogP contribution in [0.15, 0.2) is 60.2 Å². The van der Waals surface area contributed by atoms with E-state index in [0.717, 1.165) is 0 Å². The van der Waals surface area contributed by atoms with Crippen LogP contribution in [0.4, 0.5) is 0 Å². The van der Waals surface area contributed by atoms with E-state index in [-0.39, 0.29) is 24.8 Å². The predicted molar refractivity (Wildman–Crippen MR) is 134 cm³/mol. The molecule has 0 aliphatic heterocycles. The van der Waals surface area contributed by atoms with Crippen molar-refractivity contribution in [2.75, 3.05) is 0 Å². The molecule has 0 nitrogen and oxygen atoms in total. The molecule has 2 aromatic rings. The Hall–Kier alpha value is -0.400. The van der Waals surface area contributed by atoms with Gasteiger partial charge in [0.05, 0.1) is 0 Å². The Labute approximate surface area is 191 Å². The molecule has 2 aromatic carbocycles. The van der Waals surface area contributed by atoms with E-state index >= 15 is 0 Å². The van der Waals surface area contributed by atoms with Crippen molar-refractivity contribution in [1.29, 1.82) is 0 Å². The average Bonchev–Trinajstić information content (AvgIpc) is 3.23. The summed E-state index contributed by atoms with van der Waals surface area (Å²) in [4.78, 5) is 0. The predicted octanol–water partition coefficient (Wildman–Crippen LogP) is 7.65. The zero-order chi connectivity index (χ0) is 19.1. The van der Waals surface area contributed by atoms with Crippen LogP contribution in [0.3, 0.4) is 0 Å². The van der Waals surface area contributed by atoms with E-state index in [9.17, 15) is 0 Å². The Morgan fingerprint density at radius 3 is 2.00 bits per heavy atom. The first-order valence-electron chi connectivity index (χ1n) is 10.6. The molecule has 0 saturated heterocycles. The molecule has 0 saturated carbocycles. The van der Waals surface area contributed by atoms with Crippen LogP contribution >= 0.6 is 24.8 Å². The van der Waals surface area contributed by atoms with E-state index in [1.165, 1.54) is 32.2 Å². The molecule has 0 N–H and O–H groups in total. The molecular weight excluding hydrogens is 490 g/mol. The van der Waals surface area contributed by atoms with E-state index in [2.05, 4.69) is 94.4 Å². The molecule has 2 aliphatic rings. The first kappa shape index (κ1) is 24.9. The number of allylic oxidation sites excluding steroid dienone is 2. The zero-order valence-corrected chi connectivity index (χ0v) is 23.4. The SMILES string of the molecule is CC[CH2][Zr](=[SiH2])([CH2]CC)([CH]1C=Cc2ccccc21)[CH]1C(C)=Cc2ccccc21.Cl.Cl. The van der Waals surface area contributed by atoms with E-state index in [1.807, 2.05) is 0 Å². The summed E-state index contributed by atoms with van der Waals surface area (Å²) in [5.74, 6) is 0. The van der Waals surface area contributed by atoms with Crippen LogP contribution < -0.4 is 0 Å². The maximum absolute atomic E-state index is 3.30.